The van der Waals surface area contributed by atoms with Crippen molar-refractivity contribution in [3.05, 3.63) is 29.3 Å². The lowest BCUT2D eigenvalue weighted by molar-refractivity contribution is 0.288. The van der Waals surface area contributed by atoms with Crippen molar-refractivity contribution in [1.29, 1.82) is 0 Å². The summed E-state index contributed by atoms with van der Waals surface area (Å²) in [5.74, 6) is 0.0802. The molecule has 20 heavy (non-hydrogen) atoms. The molecule has 0 saturated carbocycles. The van der Waals surface area contributed by atoms with Gasteiger partial charge in [0.15, 0.2) is 9.84 Å². The number of hydrogen-bond donors (Lipinski definition) is 1. The average Bonchev–Trinajstić information content (AvgIpc) is 2.33. The van der Waals surface area contributed by atoms with Crippen LogP contribution in [0.25, 0.3) is 0 Å². The van der Waals surface area contributed by atoms with Gasteiger partial charge < -0.3 is 5.32 Å². The summed E-state index contributed by atoms with van der Waals surface area (Å²) in [6.45, 7) is 9.03. The van der Waals surface area contributed by atoms with Gasteiger partial charge in [0.1, 0.15) is 0 Å². The van der Waals surface area contributed by atoms with Crippen LogP contribution in [0.2, 0.25) is 5.02 Å². The van der Waals surface area contributed by atoms with E-state index >= 15 is 0 Å². The number of halogens is 1. The van der Waals surface area contributed by atoms with Crippen molar-refractivity contribution in [2.24, 2.45) is 5.41 Å². The van der Waals surface area contributed by atoms with Crippen LogP contribution in [0.5, 0.6) is 0 Å². The van der Waals surface area contributed by atoms with E-state index in [1.165, 1.54) is 6.07 Å². The quantitative estimate of drug-likeness (QED) is 0.873. The standard InChI is InChI=1S/C15H24ClNO2S/c1-5-9-17-14(15(2,3)4)11-20(18,19)13-8-6-7-12(16)10-13/h6-8,10,14,17H,5,9,11H2,1-4H3. The predicted molar refractivity (Wildman–Crippen MR) is 85.0 cm³/mol. The highest BCUT2D eigenvalue weighted by molar-refractivity contribution is 7.91. The van der Waals surface area contributed by atoms with Crippen molar-refractivity contribution in [3.8, 4) is 0 Å². The van der Waals surface area contributed by atoms with Crippen LogP contribution in [0.3, 0.4) is 0 Å². The van der Waals surface area contributed by atoms with Crippen molar-refractivity contribution in [2.75, 3.05) is 12.3 Å². The van der Waals surface area contributed by atoms with E-state index in [1.54, 1.807) is 18.2 Å². The molecule has 1 aromatic carbocycles. The monoisotopic (exact) mass is 317 g/mol. The molecule has 3 nitrogen and oxygen atoms in total. The highest BCUT2D eigenvalue weighted by atomic mass is 35.5. The molecule has 0 aliphatic heterocycles. The van der Waals surface area contributed by atoms with E-state index in [9.17, 15) is 8.42 Å². The summed E-state index contributed by atoms with van der Waals surface area (Å²) in [5.41, 5.74) is -0.124. The maximum absolute atomic E-state index is 12.5. The predicted octanol–water partition coefficient (Wildman–Crippen LogP) is 3.53. The molecular weight excluding hydrogens is 294 g/mol. The Balaban J connectivity index is 2.97. The molecule has 0 heterocycles. The first kappa shape index (κ1) is 17.5. The van der Waals surface area contributed by atoms with E-state index in [1.807, 2.05) is 20.8 Å². The van der Waals surface area contributed by atoms with Gasteiger partial charge in [-0.1, -0.05) is 45.4 Å². The molecule has 0 aliphatic rings. The maximum atomic E-state index is 12.5. The van der Waals surface area contributed by atoms with E-state index < -0.39 is 9.84 Å². The lowest BCUT2D eigenvalue weighted by atomic mass is 9.88. The van der Waals surface area contributed by atoms with Crippen LogP contribution >= 0.6 is 11.6 Å². The van der Waals surface area contributed by atoms with Crippen molar-refractivity contribution >= 4 is 21.4 Å². The Hall–Kier alpha value is -0.580. The fourth-order valence-electron chi connectivity index (χ4n) is 1.91. The zero-order chi connectivity index (χ0) is 15.4. The number of rotatable bonds is 6. The minimum Gasteiger partial charge on any atom is -0.312 e. The summed E-state index contributed by atoms with van der Waals surface area (Å²) in [6, 6.07) is 6.36. The van der Waals surface area contributed by atoms with Gasteiger partial charge in [-0.25, -0.2) is 8.42 Å². The summed E-state index contributed by atoms with van der Waals surface area (Å²) >= 11 is 5.88. The zero-order valence-electron chi connectivity index (χ0n) is 12.6. The zero-order valence-corrected chi connectivity index (χ0v) is 14.2. The summed E-state index contributed by atoms with van der Waals surface area (Å²) < 4.78 is 25.0. The van der Waals surface area contributed by atoms with E-state index in [4.69, 9.17) is 11.6 Å². The van der Waals surface area contributed by atoms with Gasteiger partial charge in [0.25, 0.3) is 0 Å². The maximum Gasteiger partial charge on any atom is 0.179 e. The van der Waals surface area contributed by atoms with Crippen LogP contribution in [-0.2, 0) is 9.84 Å². The Bertz CT molecular complexity index is 535. The van der Waals surface area contributed by atoms with Crippen molar-refractivity contribution < 1.29 is 8.42 Å². The Labute approximate surface area is 127 Å². The second-order valence-electron chi connectivity index (χ2n) is 6.11. The third-order valence-electron chi connectivity index (χ3n) is 3.23. The highest BCUT2D eigenvalue weighted by Gasteiger charge is 2.30. The number of nitrogens with one attached hydrogen (secondary N) is 1. The first-order valence-corrected chi connectivity index (χ1v) is 8.91. The van der Waals surface area contributed by atoms with Crippen LogP contribution in [0.4, 0.5) is 0 Å². The number of benzene rings is 1. The Morgan fingerprint density at radius 2 is 1.95 bits per heavy atom. The fourth-order valence-corrected chi connectivity index (χ4v) is 4.01. The minimum atomic E-state index is -3.34. The fraction of sp³-hybridized carbons (Fsp3) is 0.600. The highest BCUT2D eigenvalue weighted by Crippen LogP contribution is 2.24. The smallest absolute Gasteiger partial charge is 0.179 e. The van der Waals surface area contributed by atoms with Crippen LogP contribution in [0, 0.1) is 5.41 Å². The largest absolute Gasteiger partial charge is 0.312 e. The second kappa shape index (κ2) is 6.92. The molecule has 0 saturated heterocycles. The molecule has 0 aliphatic carbocycles. The molecule has 0 aromatic heterocycles. The molecule has 1 unspecified atom stereocenters. The molecule has 0 spiro atoms. The summed E-state index contributed by atoms with van der Waals surface area (Å²) in [4.78, 5) is 0.289. The Morgan fingerprint density at radius 1 is 1.30 bits per heavy atom. The molecule has 1 aromatic rings. The molecule has 114 valence electrons. The van der Waals surface area contributed by atoms with E-state index in [0.29, 0.717) is 5.02 Å². The first-order valence-electron chi connectivity index (χ1n) is 6.88. The lowest BCUT2D eigenvalue weighted by Gasteiger charge is -2.31. The summed E-state index contributed by atoms with van der Waals surface area (Å²) in [5, 5.41) is 3.78. The number of hydrogen-bond acceptors (Lipinski definition) is 3. The normalized spacial score (nSPS) is 14.2. The van der Waals surface area contributed by atoms with Gasteiger partial charge >= 0.3 is 0 Å². The molecule has 5 heteroatoms. The van der Waals surface area contributed by atoms with Gasteiger partial charge in [-0.05, 0) is 36.6 Å². The topological polar surface area (TPSA) is 46.2 Å². The number of sulfone groups is 1. The van der Waals surface area contributed by atoms with E-state index in [0.717, 1.165) is 13.0 Å². The van der Waals surface area contributed by atoms with Crippen LogP contribution in [-0.4, -0.2) is 26.8 Å². The Morgan fingerprint density at radius 3 is 2.45 bits per heavy atom. The van der Waals surface area contributed by atoms with Crippen molar-refractivity contribution in [1.82, 2.24) is 5.32 Å². The van der Waals surface area contributed by atoms with Gasteiger partial charge in [0.2, 0.25) is 0 Å². The molecule has 0 bridgehead atoms. The third-order valence-corrected chi connectivity index (χ3v) is 5.21. The van der Waals surface area contributed by atoms with Gasteiger partial charge in [0.05, 0.1) is 10.6 Å². The summed E-state index contributed by atoms with van der Waals surface area (Å²) in [7, 11) is -3.34. The molecular formula is C15H24ClNO2S. The average molecular weight is 318 g/mol. The van der Waals surface area contributed by atoms with Gasteiger partial charge in [-0.15, -0.1) is 0 Å². The van der Waals surface area contributed by atoms with Crippen molar-refractivity contribution in [3.63, 3.8) is 0 Å². The first-order chi connectivity index (χ1) is 9.16. The third kappa shape index (κ3) is 5.08. The lowest BCUT2D eigenvalue weighted by Crippen LogP contribution is -2.45. The second-order valence-corrected chi connectivity index (χ2v) is 8.58. The molecule has 0 radical (unpaired) electrons. The summed E-state index contributed by atoms with van der Waals surface area (Å²) in [6.07, 6.45) is 0.976. The SMILES string of the molecule is CCCNC(CS(=O)(=O)c1cccc(Cl)c1)C(C)(C)C. The molecule has 1 N–H and O–H groups in total. The molecule has 0 fully saturated rings. The molecule has 1 rings (SSSR count). The van der Waals surface area contributed by atoms with E-state index in [2.05, 4.69) is 12.2 Å². The van der Waals surface area contributed by atoms with Crippen LogP contribution in [0.15, 0.2) is 29.2 Å². The van der Waals surface area contributed by atoms with Crippen molar-refractivity contribution in [2.45, 2.75) is 45.1 Å². The van der Waals surface area contributed by atoms with Gasteiger partial charge in [0, 0.05) is 11.1 Å². The van der Waals surface area contributed by atoms with Gasteiger partial charge in [-0.3, -0.25) is 0 Å². The van der Waals surface area contributed by atoms with E-state index in [-0.39, 0.29) is 22.1 Å². The van der Waals surface area contributed by atoms with Crippen LogP contribution < -0.4 is 5.32 Å². The molecule has 1 atom stereocenters. The molecule has 0 amide bonds. The Kier molecular flexibility index (Phi) is 6.05. The van der Waals surface area contributed by atoms with Crippen LogP contribution in [0.1, 0.15) is 34.1 Å². The minimum absolute atomic E-state index is 0.0802. The van der Waals surface area contributed by atoms with Gasteiger partial charge in [-0.2, -0.15) is 0 Å².